The second-order valence-corrected chi connectivity index (χ2v) is 7.14. The Bertz CT molecular complexity index is 1100. The van der Waals surface area contributed by atoms with Gasteiger partial charge in [0, 0.05) is 11.6 Å². The quantitative estimate of drug-likeness (QED) is 0.309. The van der Waals surface area contributed by atoms with Gasteiger partial charge < -0.3 is 5.32 Å². The van der Waals surface area contributed by atoms with Crippen LogP contribution in [0, 0.1) is 10.1 Å². The largest absolute Gasteiger partial charge is 0.346 e. The lowest BCUT2D eigenvalue weighted by molar-refractivity contribution is -0.384. The van der Waals surface area contributed by atoms with Crippen LogP contribution in [0.4, 0.5) is 5.69 Å². The molecule has 0 atom stereocenters. The van der Waals surface area contributed by atoms with Gasteiger partial charge in [0.2, 0.25) is 5.91 Å². The number of nitrogens with one attached hydrogen (secondary N) is 2. The Morgan fingerprint density at radius 1 is 1.00 bits per heavy atom. The molecule has 3 rings (SSSR count). The minimum Gasteiger partial charge on any atom is -0.346 e. The first-order valence-electron chi connectivity index (χ1n) is 9.59. The normalized spacial score (nSPS) is 10.8. The van der Waals surface area contributed by atoms with Crippen molar-refractivity contribution in [2.75, 3.05) is 6.54 Å². The third kappa shape index (κ3) is 5.99. The van der Waals surface area contributed by atoms with E-state index in [0.29, 0.717) is 5.56 Å². The Morgan fingerprint density at radius 3 is 2.16 bits per heavy atom. The molecule has 32 heavy (non-hydrogen) atoms. The molecular formula is C23H19ClN4O4. The zero-order valence-electron chi connectivity index (χ0n) is 16.8. The van der Waals surface area contributed by atoms with E-state index in [1.54, 1.807) is 0 Å². The van der Waals surface area contributed by atoms with Crippen molar-refractivity contribution in [3.63, 3.8) is 0 Å². The van der Waals surface area contributed by atoms with Crippen LogP contribution < -0.4 is 10.7 Å². The molecule has 2 amide bonds. The number of halogens is 1. The van der Waals surface area contributed by atoms with Crippen LogP contribution in [0.5, 0.6) is 0 Å². The molecule has 162 valence electrons. The van der Waals surface area contributed by atoms with Crippen molar-refractivity contribution in [2.45, 2.75) is 5.92 Å². The first kappa shape index (κ1) is 22.6. The summed E-state index contributed by atoms with van der Waals surface area (Å²) >= 11 is 5.76. The molecule has 8 nitrogen and oxygen atoms in total. The average molecular weight is 451 g/mol. The molecule has 0 unspecified atom stereocenters. The standard InChI is InChI=1S/C23H19ClN4O4/c24-19-12-11-16(13-20(19)28(31)32)14-26-27-21(29)15-25-23(30)22(17-7-3-1-4-8-17)18-9-5-2-6-10-18/h1-14,22H,15H2,(H,25,30)(H,27,29)/b26-14-. The van der Waals surface area contributed by atoms with Gasteiger partial charge >= 0.3 is 0 Å². The summed E-state index contributed by atoms with van der Waals surface area (Å²) in [6.45, 7) is -0.285. The van der Waals surface area contributed by atoms with Crippen molar-refractivity contribution >= 4 is 35.3 Å². The van der Waals surface area contributed by atoms with Gasteiger partial charge in [0.1, 0.15) is 5.02 Å². The monoisotopic (exact) mass is 450 g/mol. The number of amides is 2. The van der Waals surface area contributed by atoms with Crippen LogP contribution in [-0.4, -0.2) is 29.5 Å². The van der Waals surface area contributed by atoms with E-state index in [4.69, 9.17) is 11.6 Å². The van der Waals surface area contributed by atoms with E-state index >= 15 is 0 Å². The molecule has 0 bridgehead atoms. The SMILES string of the molecule is O=C(CNC(=O)C(c1ccccc1)c1ccccc1)N/N=C\c1ccc(Cl)c([N+](=O)[O-])c1. The minimum absolute atomic E-state index is 0.00489. The van der Waals surface area contributed by atoms with Gasteiger partial charge in [0.05, 0.1) is 23.6 Å². The molecule has 0 heterocycles. The van der Waals surface area contributed by atoms with Crippen LogP contribution in [0.15, 0.2) is 84.0 Å². The molecule has 3 aromatic carbocycles. The topological polar surface area (TPSA) is 114 Å². The summed E-state index contributed by atoms with van der Waals surface area (Å²) in [4.78, 5) is 35.3. The lowest BCUT2D eigenvalue weighted by atomic mass is 9.90. The highest BCUT2D eigenvalue weighted by Gasteiger charge is 2.22. The third-order valence-corrected chi connectivity index (χ3v) is 4.84. The maximum absolute atomic E-state index is 12.9. The number of benzene rings is 3. The number of carbonyl (C=O) groups excluding carboxylic acids is 2. The summed E-state index contributed by atoms with van der Waals surface area (Å²) in [6, 6.07) is 22.7. The summed E-state index contributed by atoms with van der Waals surface area (Å²) in [5.41, 5.74) is 4.02. The van der Waals surface area contributed by atoms with Crippen LogP contribution in [0.2, 0.25) is 5.02 Å². The molecule has 0 radical (unpaired) electrons. The van der Waals surface area contributed by atoms with E-state index in [0.717, 1.165) is 11.1 Å². The molecule has 3 aromatic rings. The molecule has 0 fully saturated rings. The smallest absolute Gasteiger partial charge is 0.288 e. The van der Waals surface area contributed by atoms with Gasteiger partial charge in [0.25, 0.3) is 11.6 Å². The fourth-order valence-corrected chi connectivity index (χ4v) is 3.21. The second-order valence-electron chi connectivity index (χ2n) is 6.73. The van der Waals surface area contributed by atoms with Crippen LogP contribution in [0.1, 0.15) is 22.6 Å². The maximum atomic E-state index is 12.9. The Hall–Kier alpha value is -4.04. The van der Waals surface area contributed by atoms with E-state index in [1.807, 2.05) is 60.7 Å². The highest BCUT2D eigenvalue weighted by Crippen LogP contribution is 2.25. The molecule has 0 saturated heterocycles. The molecule has 0 aliphatic heterocycles. The predicted octanol–water partition coefficient (Wildman–Crippen LogP) is 3.65. The van der Waals surface area contributed by atoms with E-state index in [2.05, 4.69) is 15.8 Å². The summed E-state index contributed by atoms with van der Waals surface area (Å²) < 4.78 is 0. The van der Waals surface area contributed by atoms with Gasteiger partial charge in [-0.15, -0.1) is 0 Å². The summed E-state index contributed by atoms with van der Waals surface area (Å²) in [5.74, 6) is -1.43. The molecule has 0 aliphatic rings. The number of hydrogen-bond acceptors (Lipinski definition) is 5. The van der Waals surface area contributed by atoms with Crippen LogP contribution in [-0.2, 0) is 9.59 Å². The number of rotatable bonds is 8. The summed E-state index contributed by atoms with van der Waals surface area (Å²) in [7, 11) is 0. The molecule has 0 saturated carbocycles. The number of nitro benzene ring substituents is 1. The Kier molecular flexibility index (Phi) is 7.66. The van der Waals surface area contributed by atoms with Gasteiger partial charge in [-0.05, 0) is 17.2 Å². The maximum Gasteiger partial charge on any atom is 0.288 e. The lowest BCUT2D eigenvalue weighted by Gasteiger charge is -2.17. The van der Waals surface area contributed by atoms with Gasteiger partial charge in [-0.1, -0.05) is 78.3 Å². The Labute approximate surface area is 189 Å². The molecule has 2 N–H and O–H groups in total. The molecular weight excluding hydrogens is 432 g/mol. The van der Waals surface area contributed by atoms with Crippen molar-refractivity contribution in [3.8, 4) is 0 Å². The van der Waals surface area contributed by atoms with Crippen molar-refractivity contribution in [3.05, 3.63) is 111 Å². The van der Waals surface area contributed by atoms with Crippen molar-refractivity contribution in [2.24, 2.45) is 5.10 Å². The van der Waals surface area contributed by atoms with Crippen molar-refractivity contribution in [1.82, 2.24) is 10.7 Å². The Balaban J connectivity index is 1.61. The zero-order chi connectivity index (χ0) is 22.9. The first-order valence-corrected chi connectivity index (χ1v) is 9.97. The highest BCUT2D eigenvalue weighted by atomic mass is 35.5. The molecule has 9 heteroatoms. The predicted molar refractivity (Wildman–Crippen MR) is 122 cm³/mol. The molecule has 0 spiro atoms. The third-order valence-electron chi connectivity index (χ3n) is 4.52. The number of hydrogen-bond donors (Lipinski definition) is 2. The number of hydrazone groups is 1. The molecule has 0 aromatic heterocycles. The van der Waals surface area contributed by atoms with Crippen LogP contribution >= 0.6 is 11.6 Å². The van der Waals surface area contributed by atoms with Gasteiger partial charge in [-0.25, -0.2) is 5.43 Å². The minimum atomic E-state index is -0.607. The summed E-state index contributed by atoms with van der Waals surface area (Å²) in [6.07, 6.45) is 1.25. The Morgan fingerprint density at radius 2 is 1.59 bits per heavy atom. The van der Waals surface area contributed by atoms with E-state index in [1.165, 1.54) is 24.4 Å². The number of carbonyl (C=O) groups is 2. The number of nitrogens with zero attached hydrogens (tertiary/aromatic N) is 2. The lowest BCUT2D eigenvalue weighted by Crippen LogP contribution is -2.37. The fourth-order valence-electron chi connectivity index (χ4n) is 3.02. The second kappa shape index (κ2) is 10.8. The van der Waals surface area contributed by atoms with Gasteiger partial charge in [-0.2, -0.15) is 5.10 Å². The highest BCUT2D eigenvalue weighted by molar-refractivity contribution is 6.32. The number of nitro groups is 1. The average Bonchev–Trinajstić information content (AvgIpc) is 2.80. The van der Waals surface area contributed by atoms with Crippen LogP contribution in [0.3, 0.4) is 0 Å². The van der Waals surface area contributed by atoms with Gasteiger partial charge in [0.15, 0.2) is 0 Å². The fraction of sp³-hybridized carbons (Fsp3) is 0.0870. The van der Waals surface area contributed by atoms with E-state index in [-0.39, 0.29) is 23.2 Å². The first-order chi connectivity index (χ1) is 15.5. The van der Waals surface area contributed by atoms with E-state index in [9.17, 15) is 19.7 Å². The van der Waals surface area contributed by atoms with E-state index < -0.39 is 16.7 Å². The summed E-state index contributed by atoms with van der Waals surface area (Å²) in [5, 5.41) is 17.3. The molecule has 0 aliphatic carbocycles. The van der Waals surface area contributed by atoms with Gasteiger partial charge in [-0.3, -0.25) is 19.7 Å². The van der Waals surface area contributed by atoms with Crippen molar-refractivity contribution < 1.29 is 14.5 Å². The van der Waals surface area contributed by atoms with Crippen LogP contribution in [0.25, 0.3) is 0 Å². The zero-order valence-corrected chi connectivity index (χ0v) is 17.5. The van der Waals surface area contributed by atoms with Crippen molar-refractivity contribution in [1.29, 1.82) is 0 Å².